The number of rotatable bonds is 1. The predicted octanol–water partition coefficient (Wildman–Crippen LogP) is 8.97. The van der Waals surface area contributed by atoms with Gasteiger partial charge in [-0.3, -0.25) is 4.98 Å². The Morgan fingerprint density at radius 2 is 1.17 bits per heavy atom. The van der Waals surface area contributed by atoms with Gasteiger partial charge in [-0.05, 0) is 38.0 Å². The molecule has 0 saturated carbocycles. The third-order valence-electron chi connectivity index (χ3n) is 5.43. The van der Waals surface area contributed by atoms with Crippen LogP contribution in [0.2, 0.25) is 15.2 Å². The van der Waals surface area contributed by atoms with E-state index >= 15 is 0 Å². The Labute approximate surface area is 218 Å². The molecule has 10 heteroatoms. The standard InChI is InChI=1S/C16H11ClF2N2.C10H5Cl2F2N/c1-8-3-10(7-20-6-8)16-9(2)15(17)14-12(19)4-11(18)5-13(14)21-16;1-4-9(11)8-6(14)2-5(13)3-7(8)15-10(4)12/h3-7H,1-2H3;2-3H,1H3. The molecule has 0 spiro atoms. The maximum absolute atomic E-state index is 13.9. The Bertz CT molecular complexity index is 1660. The Morgan fingerprint density at radius 3 is 1.72 bits per heavy atom. The van der Waals surface area contributed by atoms with E-state index in [0.717, 1.165) is 29.3 Å². The summed E-state index contributed by atoms with van der Waals surface area (Å²) in [4.78, 5) is 12.3. The summed E-state index contributed by atoms with van der Waals surface area (Å²) in [5.74, 6) is -2.83. The van der Waals surface area contributed by atoms with Crippen LogP contribution >= 0.6 is 34.8 Å². The van der Waals surface area contributed by atoms with E-state index in [4.69, 9.17) is 34.8 Å². The Morgan fingerprint density at radius 1 is 0.639 bits per heavy atom. The lowest BCUT2D eigenvalue weighted by Gasteiger charge is -2.11. The number of aryl methyl sites for hydroxylation is 1. The molecular weight excluding hydrogens is 537 g/mol. The van der Waals surface area contributed by atoms with E-state index in [1.807, 2.05) is 13.0 Å². The lowest BCUT2D eigenvalue weighted by Crippen LogP contribution is -1.96. The normalized spacial score (nSPS) is 11.1. The van der Waals surface area contributed by atoms with Crippen LogP contribution < -0.4 is 0 Å². The van der Waals surface area contributed by atoms with Gasteiger partial charge in [-0.25, -0.2) is 27.5 Å². The molecule has 0 aliphatic rings. The Balaban J connectivity index is 0.000000179. The fourth-order valence-electron chi connectivity index (χ4n) is 3.66. The zero-order valence-corrected chi connectivity index (χ0v) is 21.3. The average molecular weight is 553 g/mol. The van der Waals surface area contributed by atoms with Crippen LogP contribution in [-0.4, -0.2) is 15.0 Å². The quantitative estimate of drug-likeness (QED) is 0.154. The number of nitrogens with zero attached hydrogens (tertiary/aromatic N) is 3. The zero-order chi connectivity index (χ0) is 26.3. The van der Waals surface area contributed by atoms with Crippen molar-refractivity contribution in [3.63, 3.8) is 0 Å². The minimum atomic E-state index is -0.734. The zero-order valence-electron chi connectivity index (χ0n) is 19.0. The molecule has 184 valence electrons. The minimum absolute atomic E-state index is 0.0972. The number of benzene rings is 2. The predicted molar refractivity (Wildman–Crippen MR) is 136 cm³/mol. The highest BCUT2D eigenvalue weighted by Crippen LogP contribution is 2.35. The van der Waals surface area contributed by atoms with Crippen LogP contribution in [0.25, 0.3) is 33.1 Å². The molecule has 0 amide bonds. The highest BCUT2D eigenvalue weighted by atomic mass is 35.5. The second kappa shape index (κ2) is 10.2. The van der Waals surface area contributed by atoms with Gasteiger partial charge in [0.1, 0.15) is 28.4 Å². The van der Waals surface area contributed by atoms with Crippen molar-refractivity contribution >= 4 is 56.6 Å². The largest absolute Gasteiger partial charge is 0.264 e. The van der Waals surface area contributed by atoms with Gasteiger partial charge in [-0.2, -0.15) is 0 Å². The molecule has 5 aromatic rings. The summed E-state index contributed by atoms with van der Waals surface area (Å²) in [6, 6.07) is 5.75. The van der Waals surface area contributed by atoms with E-state index in [0.29, 0.717) is 16.8 Å². The van der Waals surface area contributed by atoms with Gasteiger partial charge in [-0.1, -0.05) is 34.8 Å². The molecule has 0 aliphatic carbocycles. The van der Waals surface area contributed by atoms with Crippen LogP contribution in [0.15, 0.2) is 42.7 Å². The van der Waals surface area contributed by atoms with E-state index in [-0.39, 0.29) is 37.0 Å². The summed E-state index contributed by atoms with van der Waals surface area (Å²) in [5, 5.41) is 0.800. The van der Waals surface area contributed by atoms with E-state index in [1.54, 1.807) is 26.2 Å². The van der Waals surface area contributed by atoms with Gasteiger partial charge in [0.2, 0.25) is 0 Å². The summed E-state index contributed by atoms with van der Waals surface area (Å²) in [5.41, 5.74) is 3.75. The summed E-state index contributed by atoms with van der Waals surface area (Å²) in [7, 11) is 0. The van der Waals surface area contributed by atoms with Gasteiger partial charge in [0.15, 0.2) is 0 Å². The molecule has 3 aromatic heterocycles. The first-order valence-electron chi connectivity index (χ1n) is 10.4. The van der Waals surface area contributed by atoms with Gasteiger partial charge in [0.05, 0.1) is 37.5 Å². The number of pyridine rings is 3. The van der Waals surface area contributed by atoms with Crippen molar-refractivity contribution in [3.05, 3.63) is 97.9 Å². The molecule has 0 saturated heterocycles. The molecule has 5 rings (SSSR count). The maximum Gasteiger partial charge on any atom is 0.137 e. The monoisotopic (exact) mass is 551 g/mol. The molecule has 0 aliphatic heterocycles. The topological polar surface area (TPSA) is 38.7 Å². The number of hydrogen-bond donors (Lipinski definition) is 0. The van der Waals surface area contributed by atoms with Gasteiger partial charge in [-0.15, -0.1) is 0 Å². The lowest BCUT2D eigenvalue weighted by molar-refractivity contribution is 0.590. The first-order valence-corrected chi connectivity index (χ1v) is 11.6. The highest BCUT2D eigenvalue weighted by Gasteiger charge is 2.17. The molecule has 2 aromatic carbocycles. The van der Waals surface area contributed by atoms with E-state index in [1.165, 1.54) is 6.07 Å². The van der Waals surface area contributed by atoms with Gasteiger partial charge < -0.3 is 0 Å². The summed E-state index contributed by atoms with van der Waals surface area (Å²) < 4.78 is 53.6. The van der Waals surface area contributed by atoms with Crippen molar-refractivity contribution in [2.75, 3.05) is 0 Å². The van der Waals surface area contributed by atoms with Gasteiger partial charge in [0, 0.05) is 47.8 Å². The second-order valence-electron chi connectivity index (χ2n) is 8.06. The second-order valence-corrected chi connectivity index (χ2v) is 9.17. The van der Waals surface area contributed by atoms with Crippen LogP contribution in [-0.2, 0) is 0 Å². The number of halogens is 7. The van der Waals surface area contributed by atoms with Crippen molar-refractivity contribution in [2.45, 2.75) is 20.8 Å². The molecule has 3 heterocycles. The van der Waals surface area contributed by atoms with Crippen molar-refractivity contribution < 1.29 is 17.6 Å². The summed E-state index contributed by atoms with van der Waals surface area (Å²) >= 11 is 17.9. The van der Waals surface area contributed by atoms with Crippen LogP contribution in [0, 0.1) is 44.0 Å². The molecule has 3 nitrogen and oxygen atoms in total. The maximum atomic E-state index is 13.9. The fourth-order valence-corrected chi connectivity index (χ4v) is 4.45. The molecule has 0 unspecified atom stereocenters. The molecule has 0 bridgehead atoms. The highest BCUT2D eigenvalue weighted by molar-refractivity contribution is 6.39. The molecule has 36 heavy (non-hydrogen) atoms. The summed E-state index contributed by atoms with van der Waals surface area (Å²) in [6.45, 7) is 5.29. The van der Waals surface area contributed by atoms with Crippen molar-refractivity contribution in [3.8, 4) is 11.3 Å². The van der Waals surface area contributed by atoms with E-state index in [9.17, 15) is 17.6 Å². The molecular formula is C26H16Cl3F4N3. The fraction of sp³-hybridized carbons (Fsp3) is 0.115. The Kier molecular flexibility index (Phi) is 7.36. The number of aromatic nitrogens is 3. The average Bonchev–Trinajstić information content (AvgIpc) is 2.79. The van der Waals surface area contributed by atoms with E-state index < -0.39 is 23.3 Å². The third kappa shape index (κ3) is 4.96. The Hall–Kier alpha value is -3.00. The lowest BCUT2D eigenvalue weighted by atomic mass is 10.0. The third-order valence-corrected chi connectivity index (χ3v) is 6.74. The van der Waals surface area contributed by atoms with E-state index in [2.05, 4.69) is 15.0 Å². The first-order chi connectivity index (χ1) is 17.0. The molecule has 0 N–H and O–H groups in total. The van der Waals surface area contributed by atoms with Gasteiger partial charge in [0.25, 0.3) is 0 Å². The van der Waals surface area contributed by atoms with Crippen molar-refractivity contribution in [2.24, 2.45) is 0 Å². The smallest absolute Gasteiger partial charge is 0.137 e. The summed E-state index contributed by atoms with van der Waals surface area (Å²) in [6.07, 6.45) is 3.38. The molecule has 0 atom stereocenters. The van der Waals surface area contributed by atoms with Crippen LogP contribution in [0.5, 0.6) is 0 Å². The molecule has 0 fully saturated rings. The molecule has 0 radical (unpaired) electrons. The van der Waals surface area contributed by atoms with Crippen molar-refractivity contribution in [1.82, 2.24) is 15.0 Å². The number of fused-ring (bicyclic) bond motifs is 2. The van der Waals surface area contributed by atoms with Crippen LogP contribution in [0.3, 0.4) is 0 Å². The minimum Gasteiger partial charge on any atom is -0.264 e. The van der Waals surface area contributed by atoms with Crippen LogP contribution in [0.1, 0.15) is 16.7 Å². The SMILES string of the molecule is Cc1c(Cl)nc2cc(F)cc(F)c2c1Cl.Cc1cncc(-c2nc3cc(F)cc(F)c3c(Cl)c2C)c1. The van der Waals surface area contributed by atoms with Crippen LogP contribution in [0.4, 0.5) is 17.6 Å². The van der Waals surface area contributed by atoms with Gasteiger partial charge >= 0.3 is 0 Å². The van der Waals surface area contributed by atoms with Crippen molar-refractivity contribution in [1.29, 1.82) is 0 Å². The first kappa shape index (κ1) is 26.1. The number of hydrogen-bond acceptors (Lipinski definition) is 3.